The highest BCUT2D eigenvalue weighted by molar-refractivity contribution is 7.17. The predicted octanol–water partition coefficient (Wildman–Crippen LogP) is 3.15. The first kappa shape index (κ1) is 19.3. The third kappa shape index (κ3) is 4.64. The number of amides is 1. The minimum Gasteiger partial charge on any atom is -0.491 e. The molecule has 0 spiro atoms. The summed E-state index contributed by atoms with van der Waals surface area (Å²) in [6.07, 6.45) is 3.58. The standard InChI is InChI=1S/C19H22N2O5S/c1-3-21(19-20-11-16(27-19)18(23)24-2)17(22)13-6-4-7-14(10-13)26-12-15-8-5-9-25-15/h4,6-7,10-11,15H,3,5,8-9,12H2,1-2H3. The van der Waals surface area contributed by atoms with Gasteiger partial charge in [0.05, 0.1) is 19.4 Å². The molecule has 1 atom stereocenters. The Kier molecular flexibility index (Phi) is 6.41. The lowest BCUT2D eigenvalue weighted by Crippen LogP contribution is -2.30. The minimum absolute atomic E-state index is 0.114. The fourth-order valence-electron chi connectivity index (χ4n) is 2.79. The van der Waals surface area contributed by atoms with Gasteiger partial charge < -0.3 is 14.2 Å². The highest BCUT2D eigenvalue weighted by Crippen LogP contribution is 2.25. The van der Waals surface area contributed by atoms with Crippen molar-refractivity contribution in [2.24, 2.45) is 0 Å². The number of hydrogen-bond donors (Lipinski definition) is 0. The smallest absolute Gasteiger partial charge is 0.349 e. The van der Waals surface area contributed by atoms with E-state index in [4.69, 9.17) is 14.2 Å². The van der Waals surface area contributed by atoms with E-state index in [-0.39, 0.29) is 12.0 Å². The Morgan fingerprint density at radius 3 is 2.96 bits per heavy atom. The molecule has 1 unspecified atom stereocenters. The predicted molar refractivity (Wildman–Crippen MR) is 102 cm³/mol. The summed E-state index contributed by atoms with van der Waals surface area (Å²) >= 11 is 1.12. The molecule has 1 amide bonds. The highest BCUT2D eigenvalue weighted by atomic mass is 32.1. The number of thiazole rings is 1. The Bertz CT molecular complexity index is 801. The van der Waals surface area contributed by atoms with Crippen molar-refractivity contribution in [2.45, 2.75) is 25.9 Å². The molecule has 1 aliphatic heterocycles. The number of nitrogens with zero attached hydrogens (tertiary/aromatic N) is 2. The van der Waals surface area contributed by atoms with Gasteiger partial charge in [-0.3, -0.25) is 9.69 Å². The minimum atomic E-state index is -0.466. The molecule has 1 saturated heterocycles. The Labute approximate surface area is 161 Å². The molecular formula is C19H22N2O5S. The normalized spacial score (nSPS) is 16.1. The van der Waals surface area contributed by atoms with Gasteiger partial charge in [0.15, 0.2) is 5.13 Å². The molecule has 2 aromatic rings. The second kappa shape index (κ2) is 8.96. The number of carbonyl (C=O) groups excluding carboxylic acids is 2. The van der Waals surface area contributed by atoms with Gasteiger partial charge in [0.1, 0.15) is 17.2 Å². The van der Waals surface area contributed by atoms with Gasteiger partial charge in [0, 0.05) is 18.7 Å². The molecule has 0 saturated carbocycles. The summed E-state index contributed by atoms with van der Waals surface area (Å²) < 4.78 is 16.0. The van der Waals surface area contributed by atoms with Crippen LogP contribution in [0.5, 0.6) is 5.75 Å². The molecule has 144 valence electrons. The molecule has 3 rings (SSSR count). The van der Waals surface area contributed by atoms with E-state index in [1.54, 1.807) is 18.2 Å². The fourth-order valence-corrected chi connectivity index (χ4v) is 3.69. The highest BCUT2D eigenvalue weighted by Gasteiger charge is 2.22. The van der Waals surface area contributed by atoms with Gasteiger partial charge in [-0.2, -0.15) is 0 Å². The van der Waals surface area contributed by atoms with Gasteiger partial charge in [0.25, 0.3) is 5.91 Å². The van der Waals surface area contributed by atoms with Crippen LogP contribution in [0, 0.1) is 0 Å². The maximum atomic E-state index is 12.9. The first-order valence-electron chi connectivity index (χ1n) is 8.82. The van der Waals surface area contributed by atoms with Gasteiger partial charge in [-0.05, 0) is 38.0 Å². The summed E-state index contributed by atoms with van der Waals surface area (Å²) in [5.41, 5.74) is 0.497. The van der Waals surface area contributed by atoms with Crippen LogP contribution in [0.3, 0.4) is 0 Å². The van der Waals surface area contributed by atoms with Crippen molar-refractivity contribution in [3.63, 3.8) is 0 Å². The Morgan fingerprint density at radius 2 is 2.26 bits per heavy atom. The van der Waals surface area contributed by atoms with Gasteiger partial charge >= 0.3 is 5.97 Å². The number of methoxy groups -OCH3 is 1. The van der Waals surface area contributed by atoms with Crippen LogP contribution in [-0.4, -0.2) is 49.8 Å². The van der Waals surface area contributed by atoms with Crippen LogP contribution in [0.1, 0.15) is 39.8 Å². The number of rotatable bonds is 7. The zero-order valence-electron chi connectivity index (χ0n) is 15.3. The van der Waals surface area contributed by atoms with Gasteiger partial charge in [-0.25, -0.2) is 9.78 Å². The van der Waals surface area contributed by atoms with Crippen LogP contribution in [0.25, 0.3) is 0 Å². The number of benzene rings is 1. The Hall–Kier alpha value is -2.45. The van der Waals surface area contributed by atoms with Crippen molar-refractivity contribution in [3.05, 3.63) is 40.9 Å². The first-order valence-corrected chi connectivity index (χ1v) is 9.64. The third-order valence-electron chi connectivity index (χ3n) is 4.21. The number of aromatic nitrogens is 1. The van der Waals surface area contributed by atoms with Crippen molar-refractivity contribution >= 4 is 28.3 Å². The molecule has 1 aromatic heterocycles. The summed E-state index contributed by atoms with van der Waals surface area (Å²) in [4.78, 5) is 30.6. The van der Waals surface area contributed by atoms with E-state index in [9.17, 15) is 9.59 Å². The largest absolute Gasteiger partial charge is 0.491 e. The number of anilines is 1. The molecule has 0 N–H and O–H groups in total. The monoisotopic (exact) mass is 390 g/mol. The van der Waals surface area contributed by atoms with Crippen molar-refractivity contribution < 1.29 is 23.8 Å². The van der Waals surface area contributed by atoms with E-state index in [0.29, 0.717) is 34.5 Å². The fraction of sp³-hybridized carbons (Fsp3) is 0.421. The lowest BCUT2D eigenvalue weighted by Gasteiger charge is -2.18. The van der Waals surface area contributed by atoms with Crippen LogP contribution in [0.15, 0.2) is 30.5 Å². The van der Waals surface area contributed by atoms with Crippen LogP contribution in [0.4, 0.5) is 5.13 Å². The molecule has 0 radical (unpaired) electrons. The summed E-state index contributed by atoms with van der Waals surface area (Å²) in [5, 5.41) is 0.452. The molecule has 1 aromatic carbocycles. The molecule has 8 heteroatoms. The van der Waals surface area contributed by atoms with Crippen molar-refractivity contribution in [2.75, 3.05) is 31.8 Å². The van der Waals surface area contributed by atoms with E-state index < -0.39 is 5.97 Å². The molecule has 0 bridgehead atoms. The zero-order valence-corrected chi connectivity index (χ0v) is 16.2. The van der Waals surface area contributed by atoms with Crippen LogP contribution >= 0.6 is 11.3 Å². The first-order chi connectivity index (χ1) is 13.1. The number of hydrogen-bond acceptors (Lipinski definition) is 7. The molecule has 2 heterocycles. The summed E-state index contributed by atoms with van der Waals surface area (Å²) in [6.45, 7) is 3.53. The second-order valence-electron chi connectivity index (χ2n) is 6.02. The van der Waals surface area contributed by atoms with Crippen LogP contribution in [-0.2, 0) is 9.47 Å². The summed E-state index contributed by atoms with van der Waals surface area (Å²) in [5.74, 6) is -0.0422. The maximum absolute atomic E-state index is 12.9. The number of esters is 1. The summed E-state index contributed by atoms with van der Waals surface area (Å²) in [6, 6.07) is 7.06. The summed E-state index contributed by atoms with van der Waals surface area (Å²) in [7, 11) is 1.31. The third-order valence-corrected chi connectivity index (χ3v) is 5.21. The molecular weight excluding hydrogens is 368 g/mol. The van der Waals surface area contributed by atoms with E-state index in [1.165, 1.54) is 18.2 Å². The Balaban J connectivity index is 1.71. The SMILES string of the molecule is CCN(C(=O)c1cccc(OCC2CCCO2)c1)c1ncc(C(=O)OC)s1. The second-order valence-corrected chi connectivity index (χ2v) is 7.03. The lowest BCUT2D eigenvalue weighted by molar-refractivity contribution is 0.0606. The van der Waals surface area contributed by atoms with E-state index in [2.05, 4.69) is 4.98 Å². The van der Waals surface area contributed by atoms with Crippen molar-refractivity contribution in [1.82, 2.24) is 4.98 Å². The molecule has 0 aliphatic carbocycles. The maximum Gasteiger partial charge on any atom is 0.349 e. The van der Waals surface area contributed by atoms with Gasteiger partial charge in [-0.1, -0.05) is 17.4 Å². The topological polar surface area (TPSA) is 78.0 Å². The Morgan fingerprint density at radius 1 is 1.41 bits per heavy atom. The van der Waals surface area contributed by atoms with Gasteiger partial charge in [0.2, 0.25) is 0 Å². The molecule has 7 nitrogen and oxygen atoms in total. The quantitative estimate of drug-likeness (QED) is 0.676. The van der Waals surface area contributed by atoms with Crippen molar-refractivity contribution in [1.29, 1.82) is 0 Å². The van der Waals surface area contributed by atoms with Crippen LogP contribution < -0.4 is 9.64 Å². The van der Waals surface area contributed by atoms with E-state index in [1.807, 2.05) is 13.0 Å². The molecule has 27 heavy (non-hydrogen) atoms. The zero-order chi connectivity index (χ0) is 19.2. The van der Waals surface area contributed by atoms with Gasteiger partial charge in [-0.15, -0.1) is 0 Å². The average molecular weight is 390 g/mol. The lowest BCUT2D eigenvalue weighted by atomic mass is 10.2. The van der Waals surface area contributed by atoms with E-state index >= 15 is 0 Å². The molecule has 1 fully saturated rings. The average Bonchev–Trinajstić information content (AvgIpc) is 3.39. The molecule has 1 aliphatic rings. The van der Waals surface area contributed by atoms with Crippen LogP contribution in [0.2, 0.25) is 0 Å². The van der Waals surface area contributed by atoms with Crippen molar-refractivity contribution in [3.8, 4) is 5.75 Å². The number of ether oxygens (including phenoxy) is 3. The van der Waals surface area contributed by atoms with E-state index in [0.717, 1.165) is 30.8 Å². The number of carbonyl (C=O) groups is 2.